The minimum absolute atomic E-state index is 0.0545. The summed E-state index contributed by atoms with van der Waals surface area (Å²) in [6, 6.07) is 7.51. The summed E-state index contributed by atoms with van der Waals surface area (Å²) in [7, 11) is 1.59. The van der Waals surface area contributed by atoms with Crippen molar-refractivity contribution in [1.29, 1.82) is 0 Å². The number of amides is 2. The van der Waals surface area contributed by atoms with Crippen LogP contribution in [0.3, 0.4) is 0 Å². The van der Waals surface area contributed by atoms with Gasteiger partial charge in [0.05, 0.1) is 5.75 Å². The monoisotopic (exact) mass is 298 g/mol. The Morgan fingerprint density at radius 3 is 2.95 bits per heavy atom. The van der Waals surface area contributed by atoms with Crippen LogP contribution < -0.4 is 5.32 Å². The minimum Gasteiger partial charge on any atom is -0.359 e. The van der Waals surface area contributed by atoms with Crippen LogP contribution in [0.1, 0.15) is 17.4 Å². The molecule has 0 aliphatic carbocycles. The van der Waals surface area contributed by atoms with E-state index in [4.69, 9.17) is 11.6 Å². The fourth-order valence-electron chi connectivity index (χ4n) is 1.98. The molecule has 0 unspecified atom stereocenters. The summed E-state index contributed by atoms with van der Waals surface area (Å²) in [6.07, 6.45) is 0.309. The number of nitrogens with zero attached hydrogens (tertiary/aromatic N) is 1. The lowest BCUT2D eigenvalue weighted by Crippen LogP contribution is -2.32. The van der Waals surface area contributed by atoms with Crippen LogP contribution in [0.25, 0.3) is 0 Å². The van der Waals surface area contributed by atoms with E-state index in [-0.39, 0.29) is 17.2 Å². The van der Waals surface area contributed by atoms with Crippen molar-refractivity contribution in [3.63, 3.8) is 0 Å². The van der Waals surface area contributed by atoms with Gasteiger partial charge in [0.2, 0.25) is 11.8 Å². The average Bonchev–Trinajstić information content (AvgIpc) is 2.78. The van der Waals surface area contributed by atoms with Crippen molar-refractivity contribution in [1.82, 2.24) is 10.2 Å². The Bertz CT molecular complexity index is 495. The van der Waals surface area contributed by atoms with E-state index in [0.29, 0.717) is 23.7 Å². The summed E-state index contributed by atoms with van der Waals surface area (Å²) in [5.74, 6) is 0.422. The lowest BCUT2D eigenvalue weighted by molar-refractivity contribution is -0.129. The second-order valence-corrected chi connectivity index (χ2v) is 5.67. The van der Waals surface area contributed by atoms with E-state index >= 15 is 0 Å². The lowest BCUT2D eigenvalue weighted by atomic mass is 10.2. The number of hydrogen-bond acceptors (Lipinski definition) is 3. The van der Waals surface area contributed by atoms with Crippen molar-refractivity contribution in [3.8, 4) is 0 Å². The second kappa shape index (κ2) is 6.30. The highest BCUT2D eigenvalue weighted by Crippen LogP contribution is 2.41. The van der Waals surface area contributed by atoms with Crippen LogP contribution in [0, 0.1) is 0 Å². The molecule has 0 aromatic heterocycles. The number of rotatable bonds is 4. The van der Waals surface area contributed by atoms with Gasteiger partial charge in [-0.25, -0.2) is 0 Å². The molecule has 0 spiro atoms. The van der Waals surface area contributed by atoms with Gasteiger partial charge in [-0.3, -0.25) is 9.59 Å². The van der Waals surface area contributed by atoms with Gasteiger partial charge in [0.15, 0.2) is 0 Å². The van der Waals surface area contributed by atoms with E-state index in [2.05, 4.69) is 5.32 Å². The van der Waals surface area contributed by atoms with Gasteiger partial charge >= 0.3 is 0 Å². The van der Waals surface area contributed by atoms with Gasteiger partial charge < -0.3 is 10.2 Å². The van der Waals surface area contributed by atoms with Gasteiger partial charge in [-0.1, -0.05) is 29.8 Å². The fraction of sp³-hybridized carbons (Fsp3) is 0.385. The minimum atomic E-state index is -0.0918. The first-order valence-electron chi connectivity index (χ1n) is 5.99. The lowest BCUT2D eigenvalue weighted by Gasteiger charge is -2.24. The van der Waals surface area contributed by atoms with E-state index in [1.54, 1.807) is 23.7 Å². The van der Waals surface area contributed by atoms with Gasteiger partial charge in [0, 0.05) is 30.6 Å². The summed E-state index contributed by atoms with van der Waals surface area (Å²) in [5, 5.41) is 3.12. The molecule has 1 aliphatic rings. The molecule has 1 atom stereocenters. The van der Waals surface area contributed by atoms with Crippen molar-refractivity contribution in [2.45, 2.75) is 11.8 Å². The number of nitrogens with one attached hydrogen (secondary N) is 1. The van der Waals surface area contributed by atoms with Crippen molar-refractivity contribution in [2.24, 2.45) is 0 Å². The Morgan fingerprint density at radius 1 is 1.53 bits per heavy atom. The normalized spacial score (nSPS) is 18.7. The van der Waals surface area contributed by atoms with Crippen molar-refractivity contribution in [3.05, 3.63) is 34.9 Å². The predicted molar refractivity (Wildman–Crippen MR) is 77.0 cm³/mol. The summed E-state index contributed by atoms with van der Waals surface area (Å²) < 4.78 is 0. The molecular weight excluding hydrogens is 284 g/mol. The van der Waals surface area contributed by atoms with E-state index in [0.717, 1.165) is 5.56 Å². The first-order chi connectivity index (χ1) is 9.13. The Hall–Kier alpha value is -1.20. The largest absolute Gasteiger partial charge is 0.359 e. The van der Waals surface area contributed by atoms with Crippen molar-refractivity contribution >= 4 is 35.2 Å². The summed E-state index contributed by atoms with van der Waals surface area (Å²) in [6.45, 7) is 0.418. The zero-order valence-electron chi connectivity index (χ0n) is 10.6. The molecule has 19 heavy (non-hydrogen) atoms. The number of carbonyl (C=O) groups is 2. The average molecular weight is 299 g/mol. The third kappa shape index (κ3) is 3.22. The number of thioether (sulfide) groups is 1. The molecule has 0 radical (unpaired) electrons. The Balaban J connectivity index is 2.13. The van der Waals surface area contributed by atoms with Crippen LogP contribution in [-0.4, -0.2) is 36.1 Å². The van der Waals surface area contributed by atoms with Crippen LogP contribution >= 0.6 is 23.4 Å². The number of halogens is 1. The smallest absolute Gasteiger partial charge is 0.233 e. The first-order valence-corrected chi connectivity index (χ1v) is 7.42. The fourth-order valence-corrected chi connectivity index (χ4v) is 3.53. The van der Waals surface area contributed by atoms with Crippen LogP contribution in [-0.2, 0) is 9.59 Å². The van der Waals surface area contributed by atoms with Gasteiger partial charge in [0.25, 0.3) is 0 Å². The first kappa shape index (κ1) is 14.2. The van der Waals surface area contributed by atoms with Gasteiger partial charge in [0.1, 0.15) is 5.37 Å². The Labute approximate surface area is 121 Å². The van der Waals surface area contributed by atoms with Crippen molar-refractivity contribution in [2.75, 3.05) is 19.3 Å². The van der Waals surface area contributed by atoms with E-state index in [9.17, 15) is 9.59 Å². The maximum Gasteiger partial charge on any atom is 0.233 e. The van der Waals surface area contributed by atoms with Crippen LogP contribution in [0.4, 0.5) is 0 Å². The maximum atomic E-state index is 11.9. The standard InChI is InChI=1S/C13H15ClN2O2S/c1-15-11(17)6-7-16-12(18)8-19-13(16)9-4-2-3-5-10(9)14/h2-5,13H,6-8H2,1H3,(H,15,17)/t13-/m1/s1. The Kier molecular flexibility index (Phi) is 4.71. The van der Waals surface area contributed by atoms with Crippen LogP contribution in [0.15, 0.2) is 24.3 Å². The molecule has 6 heteroatoms. The van der Waals surface area contributed by atoms with Gasteiger partial charge in [-0.05, 0) is 6.07 Å². The second-order valence-electron chi connectivity index (χ2n) is 4.20. The molecule has 2 amide bonds. The highest BCUT2D eigenvalue weighted by molar-refractivity contribution is 8.00. The molecule has 1 aromatic rings. The van der Waals surface area contributed by atoms with Crippen LogP contribution in [0.2, 0.25) is 5.02 Å². The molecule has 1 fully saturated rings. The van der Waals surface area contributed by atoms with Gasteiger partial charge in [-0.2, -0.15) is 0 Å². The van der Waals surface area contributed by atoms with Crippen molar-refractivity contribution < 1.29 is 9.59 Å². The SMILES string of the molecule is CNC(=O)CCN1C(=O)CS[C@@H]1c1ccccc1Cl. The Morgan fingerprint density at radius 2 is 2.26 bits per heavy atom. The molecule has 0 bridgehead atoms. The third-order valence-corrected chi connectivity index (χ3v) is 4.58. The summed E-state index contributed by atoms with van der Waals surface area (Å²) in [5.41, 5.74) is 0.928. The van der Waals surface area contributed by atoms with E-state index in [1.807, 2.05) is 24.3 Å². The number of carbonyl (C=O) groups excluding carboxylic acids is 2. The van der Waals surface area contributed by atoms with Gasteiger partial charge in [-0.15, -0.1) is 11.8 Å². The highest BCUT2D eigenvalue weighted by atomic mass is 35.5. The molecule has 1 aliphatic heterocycles. The maximum absolute atomic E-state index is 11.9. The zero-order valence-corrected chi connectivity index (χ0v) is 12.1. The topological polar surface area (TPSA) is 49.4 Å². The van der Waals surface area contributed by atoms with E-state index < -0.39 is 0 Å². The highest BCUT2D eigenvalue weighted by Gasteiger charge is 2.33. The number of benzene rings is 1. The molecule has 102 valence electrons. The molecule has 1 aromatic carbocycles. The molecule has 0 saturated carbocycles. The van der Waals surface area contributed by atoms with Crippen LogP contribution in [0.5, 0.6) is 0 Å². The molecule has 1 saturated heterocycles. The molecule has 2 rings (SSSR count). The summed E-state index contributed by atoms with van der Waals surface area (Å²) >= 11 is 7.72. The quantitative estimate of drug-likeness (QED) is 0.925. The third-order valence-electron chi connectivity index (χ3n) is 3.00. The van der Waals surface area contributed by atoms with E-state index in [1.165, 1.54) is 0 Å². The predicted octanol–water partition coefficient (Wildman–Crippen LogP) is 2.05. The zero-order chi connectivity index (χ0) is 13.8. The summed E-state index contributed by atoms with van der Waals surface area (Å²) in [4.78, 5) is 24.9. The molecular formula is C13H15ClN2O2S. The molecule has 1 heterocycles. The molecule has 4 nitrogen and oxygen atoms in total. The number of hydrogen-bond donors (Lipinski definition) is 1. The molecule has 1 N–H and O–H groups in total.